The largest absolute Gasteiger partial charge is 0.384 e. The summed E-state index contributed by atoms with van der Waals surface area (Å²) in [6.45, 7) is 0.920. The monoisotopic (exact) mass is 352 g/mol. The van der Waals surface area contributed by atoms with E-state index in [9.17, 15) is 0 Å². The Morgan fingerprint density at radius 3 is 2.65 bits per heavy atom. The van der Waals surface area contributed by atoms with Crippen LogP contribution in [0.2, 0.25) is 10.0 Å². The van der Waals surface area contributed by atoms with Crippen molar-refractivity contribution in [1.82, 2.24) is 29.8 Å². The first-order valence-corrected chi connectivity index (χ1v) is 7.66. The van der Waals surface area contributed by atoms with Crippen LogP contribution in [0.25, 0.3) is 5.69 Å². The van der Waals surface area contributed by atoms with Crippen molar-refractivity contribution in [3.05, 3.63) is 52.3 Å². The second-order valence-corrected chi connectivity index (χ2v) is 5.60. The molecule has 0 saturated carbocycles. The summed E-state index contributed by atoms with van der Waals surface area (Å²) in [6, 6.07) is 5.24. The van der Waals surface area contributed by atoms with Crippen LogP contribution in [0.3, 0.4) is 0 Å². The second kappa shape index (κ2) is 7.08. The Hall–Kier alpha value is -1.96. The van der Waals surface area contributed by atoms with Crippen LogP contribution in [0.5, 0.6) is 0 Å². The smallest absolute Gasteiger partial charge is 0.156 e. The quantitative estimate of drug-likeness (QED) is 0.681. The number of hydrogen-bond acceptors (Lipinski definition) is 5. The summed E-state index contributed by atoms with van der Waals surface area (Å²) < 4.78 is 6.77. The van der Waals surface area contributed by atoms with Crippen LogP contribution >= 0.6 is 23.2 Å². The maximum Gasteiger partial charge on any atom is 0.156 e. The van der Waals surface area contributed by atoms with Gasteiger partial charge in [-0.15, -0.1) is 0 Å². The topological polar surface area (TPSA) is 70.7 Å². The van der Waals surface area contributed by atoms with E-state index in [1.54, 1.807) is 42.4 Å². The van der Waals surface area contributed by atoms with Crippen molar-refractivity contribution in [2.45, 2.75) is 13.0 Å². The molecule has 3 aromatic rings. The van der Waals surface area contributed by atoms with Gasteiger partial charge in [-0.25, -0.2) is 9.67 Å². The molecule has 0 N–H and O–H groups in total. The Morgan fingerprint density at radius 1 is 1.17 bits per heavy atom. The van der Waals surface area contributed by atoms with Crippen molar-refractivity contribution >= 4 is 23.2 Å². The Balaban J connectivity index is 2.00. The van der Waals surface area contributed by atoms with E-state index in [1.807, 2.05) is 0 Å². The van der Waals surface area contributed by atoms with Crippen LogP contribution in [-0.4, -0.2) is 43.5 Å². The predicted octanol–water partition coefficient (Wildman–Crippen LogP) is 2.40. The fourth-order valence-electron chi connectivity index (χ4n) is 2.09. The Morgan fingerprint density at radius 2 is 1.96 bits per heavy atom. The van der Waals surface area contributed by atoms with Gasteiger partial charge in [0, 0.05) is 18.6 Å². The van der Waals surface area contributed by atoms with Crippen LogP contribution in [0.15, 0.2) is 30.6 Å². The van der Waals surface area contributed by atoms with Crippen molar-refractivity contribution in [3.8, 4) is 5.69 Å². The fourth-order valence-corrected chi connectivity index (χ4v) is 2.58. The minimum Gasteiger partial charge on any atom is -0.384 e. The SMILES string of the molecule is COCCc1nc(Cn2nccn2)n(-c2ccc(Cl)cc2Cl)n1. The third-order valence-corrected chi connectivity index (χ3v) is 3.67. The highest BCUT2D eigenvalue weighted by molar-refractivity contribution is 6.35. The molecule has 23 heavy (non-hydrogen) atoms. The molecule has 0 aliphatic heterocycles. The summed E-state index contributed by atoms with van der Waals surface area (Å²) in [5.74, 6) is 1.34. The fraction of sp³-hybridized carbons (Fsp3) is 0.286. The molecule has 0 saturated heterocycles. The molecule has 0 amide bonds. The summed E-state index contributed by atoms with van der Waals surface area (Å²) >= 11 is 12.3. The molecule has 9 heteroatoms. The van der Waals surface area contributed by atoms with Gasteiger partial charge in [0.25, 0.3) is 0 Å². The molecule has 0 fully saturated rings. The van der Waals surface area contributed by atoms with E-state index in [1.165, 1.54) is 4.80 Å². The van der Waals surface area contributed by atoms with Gasteiger partial charge >= 0.3 is 0 Å². The Kier molecular flexibility index (Phi) is 4.90. The molecule has 0 bridgehead atoms. The van der Waals surface area contributed by atoms with Crippen molar-refractivity contribution in [2.24, 2.45) is 0 Å². The number of halogens is 2. The van der Waals surface area contributed by atoms with Crippen LogP contribution in [0.1, 0.15) is 11.6 Å². The lowest BCUT2D eigenvalue weighted by Gasteiger charge is -2.07. The zero-order chi connectivity index (χ0) is 16.2. The molecule has 0 atom stereocenters. The number of hydrogen-bond donors (Lipinski definition) is 0. The van der Waals surface area contributed by atoms with Crippen molar-refractivity contribution in [3.63, 3.8) is 0 Å². The number of ether oxygens (including phenoxy) is 1. The van der Waals surface area contributed by atoms with Gasteiger partial charge in [0.1, 0.15) is 6.54 Å². The maximum atomic E-state index is 6.30. The average molecular weight is 353 g/mol. The summed E-state index contributed by atoms with van der Waals surface area (Å²) in [4.78, 5) is 6.07. The lowest BCUT2D eigenvalue weighted by molar-refractivity contribution is 0.200. The molecule has 1 aromatic carbocycles. The number of rotatable bonds is 6. The molecule has 0 aliphatic rings. The number of methoxy groups -OCH3 is 1. The first-order valence-electron chi connectivity index (χ1n) is 6.90. The van der Waals surface area contributed by atoms with E-state index in [-0.39, 0.29) is 0 Å². The number of benzene rings is 1. The van der Waals surface area contributed by atoms with Gasteiger partial charge < -0.3 is 4.74 Å². The zero-order valence-electron chi connectivity index (χ0n) is 12.4. The molecule has 120 valence electrons. The highest BCUT2D eigenvalue weighted by Crippen LogP contribution is 2.25. The first-order chi connectivity index (χ1) is 11.2. The van der Waals surface area contributed by atoms with Crippen LogP contribution in [-0.2, 0) is 17.7 Å². The van der Waals surface area contributed by atoms with E-state index in [0.29, 0.717) is 47.0 Å². The molecule has 7 nitrogen and oxygen atoms in total. The third-order valence-electron chi connectivity index (χ3n) is 3.14. The summed E-state index contributed by atoms with van der Waals surface area (Å²) in [5, 5.41) is 13.8. The zero-order valence-corrected chi connectivity index (χ0v) is 13.9. The standard InChI is InChI=1S/C14H14Cl2N6O/c1-23-7-4-13-19-14(9-21-17-5-6-18-21)22(20-13)12-3-2-10(15)8-11(12)16/h2-3,5-6,8H,4,7,9H2,1H3. The van der Waals surface area contributed by atoms with Gasteiger partial charge in [-0.2, -0.15) is 20.1 Å². The van der Waals surface area contributed by atoms with Gasteiger partial charge in [0.2, 0.25) is 0 Å². The molecule has 2 aromatic heterocycles. The lowest BCUT2D eigenvalue weighted by atomic mass is 10.3. The molecular formula is C14H14Cl2N6O. The van der Waals surface area contributed by atoms with Crippen LogP contribution < -0.4 is 0 Å². The van der Waals surface area contributed by atoms with E-state index in [0.717, 1.165) is 0 Å². The second-order valence-electron chi connectivity index (χ2n) is 4.75. The summed E-state index contributed by atoms with van der Waals surface area (Å²) in [7, 11) is 1.64. The molecule has 3 rings (SSSR count). The van der Waals surface area contributed by atoms with E-state index >= 15 is 0 Å². The normalized spacial score (nSPS) is 11.1. The van der Waals surface area contributed by atoms with Crippen molar-refractivity contribution < 1.29 is 4.74 Å². The van der Waals surface area contributed by atoms with Gasteiger partial charge in [0.15, 0.2) is 11.6 Å². The molecule has 0 unspecified atom stereocenters. The van der Waals surface area contributed by atoms with Gasteiger partial charge in [-0.3, -0.25) is 0 Å². The predicted molar refractivity (Wildman–Crippen MR) is 86.1 cm³/mol. The van der Waals surface area contributed by atoms with E-state index < -0.39 is 0 Å². The van der Waals surface area contributed by atoms with E-state index in [2.05, 4.69) is 20.3 Å². The van der Waals surface area contributed by atoms with Gasteiger partial charge in [-0.05, 0) is 18.2 Å². The lowest BCUT2D eigenvalue weighted by Crippen LogP contribution is -2.11. The number of aromatic nitrogens is 6. The Bertz CT molecular complexity index is 787. The van der Waals surface area contributed by atoms with Crippen molar-refractivity contribution in [1.29, 1.82) is 0 Å². The first kappa shape index (κ1) is 15.9. The molecule has 0 spiro atoms. The summed E-state index contributed by atoms with van der Waals surface area (Å²) in [6.07, 6.45) is 3.83. The minimum atomic E-state index is 0.381. The highest BCUT2D eigenvalue weighted by Gasteiger charge is 2.15. The molecular weight excluding hydrogens is 339 g/mol. The number of nitrogens with zero attached hydrogens (tertiary/aromatic N) is 6. The van der Waals surface area contributed by atoms with Gasteiger partial charge in [-0.1, -0.05) is 23.2 Å². The minimum absolute atomic E-state index is 0.381. The van der Waals surface area contributed by atoms with Crippen molar-refractivity contribution in [2.75, 3.05) is 13.7 Å². The molecule has 2 heterocycles. The highest BCUT2D eigenvalue weighted by atomic mass is 35.5. The molecule has 0 aliphatic carbocycles. The maximum absolute atomic E-state index is 6.30. The van der Waals surface area contributed by atoms with Gasteiger partial charge in [0.05, 0.1) is 29.7 Å². The van der Waals surface area contributed by atoms with E-state index in [4.69, 9.17) is 27.9 Å². The average Bonchev–Trinajstić information content (AvgIpc) is 3.16. The Labute approximate surface area is 142 Å². The summed E-state index contributed by atoms with van der Waals surface area (Å²) in [5.41, 5.74) is 0.703. The third kappa shape index (κ3) is 3.69. The van der Waals surface area contributed by atoms with Crippen LogP contribution in [0, 0.1) is 0 Å². The van der Waals surface area contributed by atoms with Crippen LogP contribution in [0.4, 0.5) is 0 Å². The molecule has 0 radical (unpaired) electrons.